The maximum absolute atomic E-state index is 12.0. The minimum atomic E-state index is -0.500. The van der Waals surface area contributed by atoms with Crippen LogP contribution in [-0.4, -0.2) is 24.0 Å². The second-order valence-corrected chi connectivity index (χ2v) is 6.85. The number of pyridine rings is 1. The Morgan fingerprint density at radius 3 is 2.44 bits per heavy atom. The zero-order valence-electron chi connectivity index (χ0n) is 14.5. The number of amides is 1. The molecule has 0 fully saturated rings. The number of hydrogen-bond acceptors (Lipinski definition) is 5. The molecule has 1 aromatic carbocycles. The molecule has 0 atom stereocenters. The molecule has 2 N–H and O–H groups in total. The van der Waals surface area contributed by atoms with Crippen LogP contribution in [0, 0.1) is 5.41 Å². The van der Waals surface area contributed by atoms with E-state index in [9.17, 15) is 9.59 Å². The van der Waals surface area contributed by atoms with Crippen molar-refractivity contribution in [3.63, 3.8) is 0 Å². The van der Waals surface area contributed by atoms with Gasteiger partial charge in [0.25, 0.3) is 0 Å². The molecule has 2 rings (SSSR count). The average Bonchev–Trinajstić information content (AvgIpc) is 2.57. The zero-order chi connectivity index (χ0) is 18.6. The summed E-state index contributed by atoms with van der Waals surface area (Å²) in [7, 11) is 1.32. The number of anilines is 3. The van der Waals surface area contributed by atoms with E-state index in [1.165, 1.54) is 7.11 Å². The largest absolute Gasteiger partial charge is 0.465 e. The number of esters is 1. The van der Waals surface area contributed by atoms with Crippen LogP contribution >= 0.6 is 11.6 Å². The summed E-state index contributed by atoms with van der Waals surface area (Å²) < 4.78 is 4.70. The van der Waals surface area contributed by atoms with Gasteiger partial charge in [-0.05, 0) is 30.3 Å². The third-order valence-electron chi connectivity index (χ3n) is 3.35. The molecule has 7 heteroatoms. The first kappa shape index (κ1) is 18.7. The summed E-state index contributed by atoms with van der Waals surface area (Å²) in [5.74, 6) is -0.104. The van der Waals surface area contributed by atoms with Gasteiger partial charge in [0.05, 0.1) is 35.3 Å². The van der Waals surface area contributed by atoms with E-state index in [4.69, 9.17) is 16.3 Å². The Balaban J connectivity index is 2.14. The normalized spacial score (nSPS) is 10.9. The molecule has 1 aromatic heterocycles. The van der Waals surface area contributed by atoms with Crippen LogP contribution in [0.15, 0.2) is 36.5 Å². The minimum Gasteiger partial charge on any atom is -0.465 e. The SMILES string of the molecule is COC(=O)c1ccc(Cl)c(Nc2ccc(NC(=O)C(C)(C)C)nc2)c1. The van der Waals surface area contributed by atoms with E-state index in [1.54, 1.807) is 36.5 Å². The van der Waals surface area contributed by atoms with E-state index in [-0.39, 0.29) is 5.91 Å². The first-order chi connectivity index (χ1) is 11.7. The van der Waals surface area contributed by atoms with Crippen LogP contribution in [-0.2, 0) is 9.53 Å². The highest BCUT2D eigenvalue weighted by atomic mass is 35.5. The monoisotopic (exact) mass is 361 g/mol. The molecule has 132 valence electrons. The molecule has 1 heterocycles. The lowest BCUT2D eigenvalue weighted by Gasteiger charge is -2.17. The van der Waals surface area contributed by atoms with E-state index in [0.717, 1.165) is 0 Å². The standard InChI is InChI=1S/C18H20ClN3O3/c1-18(2,3)17(24)22-15-8-6-12(10-20-15)21-14-9-11(16(23)25-4)5-7-13(14)19/h5-10,21H,1-4H3,(H,20,22,24). The summed E-state index contributed by atoms with van der Waals surface area (Å²) >= 11 is 6.15. The Hall–Kier alpha value is -2.60. The molecule has 0 radical (unpaired) electrons. The van der Waals surface area contributed by atoms with Crippen molar-refractivity contribution < 1.29 is 14.3 Å². The van der Waals surface area contributed by atoms with E-state index in [0.29, 0.717) is 27.8 Å². The smallest absolute Gasteiger partial charge is 0.337 e. The second kappa shape index (κ2) is 7.53. The molecular formula is C18H20ClN3O3. The van der Waals surface area contributed by atoms with Gasteiger partial charge in [-0.1, -0.05) is 32.4 Å². The van der Waals surface area contributed by atoms with E-state index >= 15 is 0 Å². The van der Waals surface area contributed by atoms with Crippen molar-refractivity contribution in [1.29, 1.82) is 0 Å². The van der Waals surface area contributed by atoms with Crippen molar-refractivity contribution >= 4 is 40.7 Å². The third-order valence-corrected chi connectivity index (χ3v) is 3.68. The van der Waals surface area contributed by atoms with Crippen molar-refractivity contribution in [3.05, 3.63) is 47.1 Å². The summed E-state index contributed by atoms with van der Waals surface area (Å²) in [4.78, 5) is 27.8. The lowest BCUT2D eigenvalue weighted by Crippen LogP contribution is -2.27. The fraction of sp³-hybridized carbons (Fsp3) is 0.278. The molecule has 0 bridgehead atoms. The van der Waals surface area contributed by atoms with Crippen LogP contribution in [0.25, 0.3) is 0 Å². The highest BCUT2D eigenvalue weighted by molar-refractivity contribution is 6.33. The number of methoxy groups -OCH3 is 1. The van der Waals surface area contributed by atoms with Crippen LogP contribution in [0.4, 0.5) is 17.2 Å². The molecule has 6 nitrogen and oxygen atoms in total. The van der Waals surface area contributed by atoms with Gasteiger partial charge in [-0.15, -0.1) is 0 Å². The van der Waals surface area contributed by atoms with E-state index in [1.807, 2.05) is 20.8 Å². The number of ether oxygens (including phenoxy) is 1. The molecule has 0 aliphatic heterocycles. The maximum Gasteiger partial charge on any atom is 0.337 e. The van der Waals surface area contributed by atoms with Crippen molar-refractivity contribution in [2.75, 3.05) is 17.7 Å². The van der Waals surface area contributed by atoms with Crippen molar-refractivity contribution in [3.8, 4) is 0 Å². The van der Waals surface area contributed by atoms with Gasteiger partial charge in [0.2, 0.25) is 5.91 Å². The van der Waals surface area contributed by atoms with Crippen molar-refractivity contribution in [2.24, 2.45) is 5.41 Å². The lowest BCUT2D eigenvalue weighted by atomic mass is 9.96. The summed E-state index contributed by atoms with van der Waals surface area (Å²) in [5.41, 5.74) is 1.10. The summed E-state index contributed by atoms with van der Waals surface area (Å²) in [5, 5.41) is 6.29. The maximum atomic E-state index is 12.0. The van der Waals surface area contributed by atoms with Gasteiger partial charge in [0, 0.05) is 5.41 Å². The van der Waals surface area contributed by atoms with Gasteiger partial charge in [0.15, 0.2) is 0 Å². The Morgan fingerprint density at radius 1 is 1.16 bits per heavy atom. The number of nitrogens with one attached hydrogen (secondary N) is 2. The number of carbonyl (C=O) groups excluding carboxylic acids is 2. The predicted octanol–water partition coefficient (Wildman–Crippen LogP) is 4.25. The first-order valence-corrected chi connectivity index (χ1v) is 8.01. The number of halogens is 1. The molecule has 0 unspecified atom stereocenters. The fourth-order valence-electron chi connectivity index (χ4n) is 1.87. The van der Waals surface area contributed by atoms with Gasteiger partial charge < -0.3 is 15.4 Å². The average molecular weight is 362 g/mol. The quantitative estimate of drug-likeness (QED) is 0.796. The number of hydrogen-bond donors (Lipinski definition) is 2. The van der Waals surface area contributed by atoms with Crippen LogP contribution in [0.5, 0.6) is 0 Å². The Labute approximate surface area is 151 Å². The lowest BCUT2D eigenvalue weighted by molar-refractivity contribution is -0.123. The van der Waals surface area contributed by atoms with E-state index < -0.39 is 11.4 Å². The highest BCUT2D eigenvalue weighted by Gasteiger charge is 2.21. The number of carbonyl (C=O) groups is 2. The predicted molar refractivity (Wildman–Crippen MR) is 98.4 cm³/mol. The van der Waals surface area contributed by atoms with Crippen LogP contribution in [0.1, 0.15) is 31.1 Å². The topological polar surface area (TPSA) is 80.3 Å². The summed E-state index contributed by atoms with van der Waals surface area (Å²) in [6.45, 7) is 5.48. The molecule has 25 heavy (non-hydrogen) atoms. The summed E-state index contributed by atoms with van der Waals surface area (Å²) in [6.07, 6.45) is 1.57. The van der Waals surface area contributed by atoms with Crippen LogP contribution in [0.3, 0.4) is 0 Å². The zero-order valence-corrected chi connectivity index (χ0v) is 15.3. The third kappa shape index (κ3) is 4.93. The van der Waals surface area contributed by atoms with E-state index in [2.05, 4.69) is 15.6 Å². The second-order valence-electron chi connectivity index (χ2n) is 6.45. The molecule has 0 aliphatic rings. The molecule has 0 aliphatic carbocycles. The minimum absolute atomic E-state index is 0.116. The molecular weight excluding hydrogens is 342 g/mol. The Morgan fingerprint density at radius 2 is 1.88 bits per heavy atom. The molecule has 2 aromatic rings. The van der Waals surface area contributed by atoms with Gasteiger partial charge >= 0.3 is 5.97 Å². The summed E-state index contributed by atoms with van der Waals surface area (Å²) in [6, 6.07) is 8.24. The number of rotatable bonds is 4. The number of aromatic nitrogens is 1. The molecule has 0 saturated heterocycles. The molecule has 0 saturated carbocycles. The van der Waals surface area contributed by atoms with Gasteiger partial charge in [-0.3, -0.25) is 4.79 Å². The number of benzene rings is 1. The first-order valence-electron chi connectivity index (χ1n) is 7.63. The van der Waals surface area contributed by atoms with Gasteiger partial charge in [-0.25, -0.2) is 9.78 Å². The Bertz CT molecular complexity index is 783. The Kier molecular flexibility index (Phi) is 5.64. The number of nitrogens with zero attached hydrogens (tertiary/aromatic N) is 1. The van der Waals surface area contributed by atoms with Crippen molar-refractivity contribution in [2.45, 2.75) is 20.8 Å². The van der Waals surface area contributed by atoms with Crippen LogP contribution < -0.4 is 10.6 Å². The highest BCUT2D eigenvalue weighted by Crippen LogP contribution is 2.27. The van der Waals surface area contributed by atoms with Gasteiger partial charge in [-0.2, -0.15) is 0 Å². The molecule has 1 amide bonds. The fourth-order valence-corrected chi connectivity index (χ4v) is 2.03. The molecule has 0 spiro atoms. The van der Waals surface area contributed by atoms with Crippen molar-refractivity contribution in [1.82, 2.24) is 4.98 Å². The van der Waals surface area contributed by atoms with Gasteiger partial charge in [0.1, 0.15) is 5.82 Å². The van der Waals surface area contributed by atoms with Crippen LogP contribution in [0.2, 0.25) is 5.02 Å².